The minimum Gasteiger partial charge on any atom is -0.493 e. The van der Waals surface area contributed by atoms with Gasteiger partial charge in [0.1, 0.15) is 56.4 Å². The number of nitrogen functional groups attached to an aromatic ring is 1. The highest BCUT2D eigenvalue weighted by atomic mass is 35.5. The number of aliphatic hydroxyl groups is 1. The minimum absolute atomic E-state index is 0.0346. The van der Waals surface area contributed by atoms with E-state index in [1.54, 1.807) is 94.4 Å². The fourth-order valence-corrected chi connectivity index (χ4v) is 19.0. The third-order valence-corrected chi connectivity index (χ3v) is 26.7. The van der Waals surface area contributed by atoms with Crippen LogP contribution in [0.5, 0.6) is 11.5 Å². The molecule has 2 saturated heterocycles. The van der Waals surface area contributed by atoms with Gasteiger partial charge in [0.2, 0.25) is 17.7 Å². The Morgan fingerprint density at radius 1 is 0.542 bits per heavy atom. The van der Waals surface area contributed by atoms with Crippen LogP contribution in [-0.4, -0.2) is 199 Å². The molecule has 4 heterocycles. The van der Waals surface area contributed by atoms with E-state index in [1.165, 1.54) is 32.9 Å². The number of aliphatic hydroxyl groups excluding tert-OH is 1. The van der Waals surface area contributed by atoms with E-state index in [0.717, 1.165) is 138 Å². The lowest BCUT2D eigenvalue weighted by Crippen LogP contribution is -2.44. The quantitative estimate of drug-likeness (QED) is 0.00392. The van der Waals surface area contributed by atoms with Gasteiger partial charge in [-0.05, 0) is 196 Å². The van der Waals surface area contributed by atoms with Gasteiger partial charge in [0.15, 0.2) is 11.6 Å². The van der Waals surface area contributed by atoms with Crippen LogP contribution in [-0.2, 0) is 76.9 Å². The molecule has 5 aliphatic rings. The van der Waals surface area contributed by atoms with E-state index in [9.17, 15) is 62.3 Å². The molecule has 4 aliphatic heterocycles. The van der Waals surface area contributed by atoms with Gasteiger partial charge in [0.25, 0.3) is 11.8 Å². The Hall–Kier alpha value is -12.9. The number of allylic oxidation sites excluding steroid dienone is 1. The Kier molecular flexibility index (Phi) is 43.8. The van der Waals surface area contributed by atoms with Crippen molar-refractivity contribution in [1.29, 1.82) is 0 Å². The van der Waals surface area contributed by atoms with E-state index in [2.05, 4.69) is 48.3 Å². The van der Waals surface area contributed by atoms with Crippen molar-refractivity contribution in [2.24, 2.45) is 5.92 Å². The van der Waals surface area contributed by atoms with Crippen LogP contribution in [0.4, 0.5) is 37.1 Å². The first-order chi connectivity index (χ1) is 68.4. The van der Waals surface area contributed by atoms with Gasteiger partial charge in [0.05, 0.1) is 54.8 Å². The van der Waals surface area contributed by atoms with Crippen molar-refractivity contribution in [2.45, 2.75) is 246 Å². The summed E-state index contributed by atoms with van der Waals surface area (Å²) >= 11 is 12.8. The second-order valence-corrected chi connectivity index (χ2v) is 37.1. The van der Waals surface area contributed by atoms with Crippen LogP contribution in [0.3, 0.4) is 0 Å². The Bertz CT molecular complexity index is 5650. The summed E-state index contributed by atoms with van der Waals surface area (Å²) in [5.74, 6) is -0.0788. The van der Waals surface area contributed by atoms with Crippen LogP contribution in [0.1, 0.15) is 264 Å². The molecule has 0 aromatic heterocycles. The number of alkyl carbamates (subject to hydrolysis) is 2. The minimum atomic E-state index is -0.811. The molecule has 762 valence electrons. The average molecular weight is 1990 g/mol. The van der Waals surface area contributed by atoms with Crippen molar-refractivity contribution in [3.05, 3.63) is 220 Å². The van der Waals surface area contributed by atoms with Gasteiger partial charge in [0, 0.05) is 136 Å². The SMILES string of the molecule is C=CCOC(=O)N[C@@H](CCCCC)C(=O)Cc1ccc(COC(=O)Nc2cc(OCCCCCC(=O)N3C[C@@H](CCl)c4c3cc(C(C)=O)c3ccccc43)c(C)cc2C(=O)N2CCC[C@H]2COC(C)=O)cc1.C=CCOC(=O)N[C@@H](CCCCC)C(=O)Nc1ccc(CO)cc1.CC(=O)OC[C@@H]1CCCN1C(=O)c1cc(C)c(OCCCCCC(=O)N2C[C@@H](CCl)C3=C2CC(C(C)=O)c2ccccc23)cc1N. The molecule has 7 aromatic rings. The first-order valence-electron chi connectivity index (χ1n) is 49.4. The van der Waals surface area contributed by atoms with Gasteiger partial charge in [-0.25, -0.2) is 14.4 Å². The zero-order chi connectivity index (χ0) is 102. The Labute approximate surface area is 842 Å². The van der Waals surface area contributed by atoms with Crippen LogP contribution < -0.4 is 41.4 Å². The number of hydrogen-bond donors (Lipinski definition) is 6. The number of alkyl halides is 2. The highest BCUT2D eigenvalue weighted by Gasteiger charge is 2.43. The number of hydrogen-bond acceptors (Lipinski definition) is 22. The number of rotatable bonds is 47. The van der Waals surface area contributed by atoms with E-state index in [-0.39, 0.29) is 140 Å². The van der Waals surface area contributed by atoms with Crippen LogP contribution in [0.25, 0.3) is 16.3 Å². The fourth-order valence-electron chi connectivity index (χ4n) is 18.5. The number of nitrogens with zero attached hydrogens (tertiary/aromatic N) is 4. The highest BCUT2D eigenvalue weighted by molar-refractivity contribution is 6.20. The standard InChI is InChI=1S/C56H67ClN4O11.C36H44ClN3O6.C18H26N2O4/c1-6-8-10-19-47(58-55(67)70-26-7-2)50(64)29-39-21-23-40(24-22-39)34-72-56(68)59-48-31-51(36(3)28-46(48)54(66)60-25-15-16-42(60)35-71-38(5)63)69-27-14-9-11-20-52(65)61-33-41(32-57)53-44-18-13-12-17-43(44)45(37(4)62)30-49(53)61;1-22-16-30(36(44)39-14-9-10-26(39)21-46-24(3)42)31(38)18-33(22)45-15-8-4-5-13-34(43)40-20-25(19-37)35-28-12-7-6-11-27(28)29(23(2)41)17-32(35)40;1-3-5-6-7-16(20-18(23)24-12-4-2)17(22)19-15-10-8-14(13-21)9-11-15/h7,12-13,17-18,21-24,28,30-31,41-42,47H,2,6,8-11,14-16,19-20,25-27,29,32-35H2,1,3-5H3,(H,58,67)(H,59,68);6-7,11-12,16,18,25-26,29H,4-5,8-10,13-15,17,19-21,38H2,1-3H3;4,8-11,16,21H,2-3,5-7,12-13H2,1H3,(H,19,22)(H,20,23)/t41-,42+,47+;25-,26+,29?;16-/m110/s1. The Morgan fingerprint density at radius 2 is 1.07 bits per heavy atom. The van der Waals surface area contributed by atoms with Gasteiger partial charge in [-0.3, -0.25) is 53.3 Å². The van der Waals surface area contributed by atoms with Crippen molar-refractivity contribution >= 4 is 139 Å². The number of Topliss-reactive ketones (excluding diaryl/α,β-unsaturated/α-hetero) is 3. The Morgan fingerprint density at radius 3 is 1.63 bits per heavy atom. The third-order valence-electron chi connectivity index (χ3n) is 26.0. The number of nitrogens with one attached hydrogen (secondary N) is 4. The highest BCUT2D eigenvalue weighted by Crippen LogP contribution is 2.49. The molecule has 0 radical (unpaired) electrons. The lowest BCUT2D eigenvalue weighted by molar-refractivity contribution is -0.143. The number of ether oxygens (including phenoxy) is 7. The number of likely N-dealkylation sites (tertiary alicyclic amines) is 2. The number of carbonyl (C=O) groups excluding carboxylic acids is 13. The molecule has 0 bridgehead atoms. The van der Waals surface area contributed by atoms with E-state index in [0.29, 0.717) is 154 Å². The molecule has 32 heteroatoms. The molecule has 30 nitrogen and oxygen atoms in total. The summed E-state index contributed by atoms with van der Waals surface area (Å²) in [5.41, 5.74) is 18.2. The van der Waals surface area contributed by atoms with E-state index >= 15 is 0 Å². The monoisotopic (exact) mass is 1990 g/mol. The molecule has 7 atom stereocenters. The summed E-state index contributed by atoms with van der Waals surface area (Å²) < 4.78 is 38.2. The predicted octanol–water partition coefficient (Wildman–Crippen LogP) is 19.4. The molecule has 142 heavy (non-hydrogen) atoms. The molecule has 0 saturated carbocycles. The van der Waals surface area contributed by atoms with Crippen molar-refractivity contribution in [3.63, 3.8) is 0 Å². The number of unbranched alkanes of at least 4 members (excludes halogenated alkanes) is 8. The predicted molar refractivity (Wildman–Crippen MR) is 548 cm³/mol. The maximum atomic E-state index is 14.2. The molecular weight excluding hydrogens is 1850 g/mol. The number of nitrogens with two attached hydrogens (primary N) is 1. The number of halogens is 2. The first-order valence-corrected chi connectivity index (χ1v) is 50.4. The van der Waals surface area contributed by atoms with Crippen molar-refractivity contribution in [3.8, 4) is 11.5 Å². The summed E-state index contributed by atoms with van der Waals surface area (Å²) in [5, 5.41) is 21.6. The zero-order valence-corrected chi connectivity index (χ0v) is 84.4. The summed E-state index contributed by atoms with van der Waals surface area (Å²) in [6, 6.07) is 36.4. The van der Waals surface area contributed by atoms with Crippen molar-refractivity contribution < 1.29 is 101 Å². The second-order valence-electron chi connectivity index (χ2n) is 36.5. The summed E-state index contributed by atoms with van der Waals surface area (Å²) in [6.07, 6.45) is 15.9. The number of benzene rings is 7. The van der Waals surface area contributed by atoms with Gasteiger partial charge in [-0.1, -0.05) is 163 Å². The van der Waals surface area contributed by atoms with Crippen molar-refractivity contribution in [1.82, 2.24) is 25.3 Å². The first kappa shape index (κ1) is 111. The Balaban J connectivity index is 0.000000250. The normalized spacial score (nSPS) is 16.3. The maximum absolute atomic E-state index is 14.2. The van der Waals surface area contributed by atoms with Gasteiger partial charge in [-0.2, -0.15) is 0 Å². The van der Waals surface area contributed by atoms with Crippen LogP contribution in [0, 0.1) is 19.8 Å². The number of esters is 2. The summed E-state index contributed by atoms with van der Waals surface area (Å²) in [4.78, 5) is 173. The topological polar surface area (TPSA) is 394 Å². The van der Waals surface area contributed by atoms with E-state index in [1.807, 2.05) is 73.3 Å². The summed E-state index contributed by atoms with van der Waals surface area (Å²) in [7, 11) is 0. The molecule has 1 unspecified atom stereocenters. The number of anilines is 4. The molecular formula is C110H137Cl2N9O21. The average Bonchev–Trinajstić information content (AvgIpc) is 1.58. The number of ketones is 3. The molecule has 8 amide bonds. The number of fused-ring (bicyclic) bond motifs is 5. The number of aryl methyl sites for hydroxylation is 2. The van der Waals surface area contributed by atoms with Crippen molar-refractivity contribution in [2.75, 3.05) is 98.8 Å². The number of carbonyl (C=O) groups is 13. The molecule has 1 aliphatic carbocycles. The fraction of sp³-hybridized carbons (Fsp3) is 0.464. The molecule has 7 aromatic carbocycles. The van der Waals surface area contributed by atoms with Gasteiger partial charge >= 0.3 is 30.2 Å². The lowest BCUT2D eigenvalue weighted by atomic mass is 9.77. The molecule has 7 N–H and O–H groups in total. The zero-order valence-electron chi connectivity index (χ0n) is 82.9. The van der Waals surface area contributed by atoms with Crippen LogP contribution >= 0.6 is 23.2 Å². The van der Waals surface area contributed by atoms with Gasteiger partial charge < -0.3 is 79.5 Å². The van der Waals surface area contributed by atoms with Crippen LogP contribution in [0.2, 0.25) is 0 Å². The third kappa shape index (κ3) is 31.3. The maximum Gasteiger partial charge on any atom is 0.411 e. The number of amides is 8. The van der Waals surface area contributed by atoms with E-state index in [4.69, 9.17) is 67.2 Å². The summed E-state index contributed by atoms with van der Waals surface area (Å²) in [6.45, 7) is 23.7. The molecule has 0 spiro atoms. The smallest absolute Gasteiger partial charge is 0.411 e. The largest absolute Gasteiger partial charge is 0.493 e. The molecule has 2 fully saturated rings. The lowest BCUT2D eigenvalue weighted by Gasteiger charge is -2.29. The van der Waals surface area contributed by atoms with E-state index < -0.39 is 36.3 Å². The van der Waals surface area contributed by atoms with Crippen LogP contribution in [0.15, 0.2) is 158 Å². The molecule has 12 rings (SSSR count). The second kappa shape index (κ2) is 56.1. The van der Waals surface area contributed by atoms with Gasteiger partial charge in [-0.15, -0.1) is 23.2 Å².